The number of hydrogen-bond acceptors (Lipinski definition) is 4. The average Bonchev–Trinajstić information content (AvgIpc) is 3.04. The molecule has 7 heteroatoms. The molecule has 7 nitrogen and oxygen atoms in total. The number of azide groups is 1. The van der Waals surface area contributed by atoms with Crippen molar-refractivity contribution < 1.29 is 0 Å². The van der Waals surface area contributed by atoms with E-state index in [2.05, 4.69) is 30.7 Å². The summed E-state index contributed by atoms with van der Waals surface area (Å²) in [6.07, 6.45) is 0. The molecule has 3 aromatic rings. The van der Waals surface area contributed by atoms with Gasteiger partial charge in [-0.15, -0.1) is 10.2 Å². The summed E-state index contributed by atoms with van der Waals surface area (Å²) in [6.45, 7) is 1.92. The highest BCUT2D eigenvalue weighted by atomic mass is 15.5. The van der Waals surface area contributed by atoms with Gasteiger partial charge in [0.15, 0.2) is 0 Å². The zero-order valence-corrected chi connectivity index (χ0v) is 11.2. The van der Waals surface area contributed by atoms with Crippen molar-refractivity contribution in [1.82, 2.24) is 20.6 Å². The molecular weight excluding hydrogens is 266 g/mol. The van der Waals surface area contributed by atoms with Gasteiger partial charge in [-0.2, -0.15) is 5.21 Å². The Morgan fingerprint density at radius 1 is 1.05 bits per heavy atom. The quantitative estimate of drug-likeness (QED) is 0.447. The van der Waals surface area contributed by atoms with E-state index in [1.54, 1.807) is 6.07 Å². The summed E-state index contributed by atoms with van der Waals surface area (Å²) in [5, 5.41) is 17.8. The molecule has 0 bridgehead atoms. The van der Waals surface area contributed by atoms with Gasteiger partial charge in [0.1, 0.15) is 0 Å². The maximum Gasteiger partial charge on any atom is 0.205 e. The Labute approximate surface area is 120 Å². The van der Waals surface area contributed by atoms with Crippen LogP contribution in [-0.4, -0.2) is 20.6 Å². The Morgan fingerprint density at radius 2 is 1.81 bits per heavy atom. The zero-order chi connectivity index (χ0) is 14.7. The summed E-state index contributed by atoms with van der Waals surface area (Å²) < 4.78 is 0. The zero-order valence-electron chi connectivity index (χ0n) is 11.2. The first-order chi connectivity index (χ1) is 10.3. The van der Waals surface area contributed by atoms with Crippen LogP contribution in [0.15, 0.2) is 47.6 Å². The smallest absolute Gasteiger partial charge is 0.177 e. The number of hydrogen-bond donors (Lipinski definition) is 1. The standard InChI is InChI=1S/C14H11N7/c1-9-10(7-4-8-13(9)16-19-15)11-5-2-3-6-12(11)14-17-20-21-18-14/h2-8H,1H3,(H,17,18,20,21). The van der Waals surface area contributed by atoms with Crippen LogP contribution in [0, 0.1) is 6.92 Å². The minimum atomic E-state index is 0.527. The first kappa shape index (κ1) is 12.8. The maximum atomic E-state index is 8.64. The van der Waals surface area contributed by atoms with Gasteiger partial charge in [-0.1, -0.05) is 47.6 Å². The number of rotatable bonds is 3. The van der Waals surface area contributed by atoms with Gasteiger partial charge in [-0.3, -0.25) is 0 Å². The van der Waals surface area contributed by atoms with E-state index >= 15 is 0 Å². The second-order valence-electron chi connectivity index (χ2n) is 4.42. The number of aromatic nitrogens is 4. The number of benzene rings is 2. The summed E-state index contributed by atoms with van der Waals surface area (Å²) in [7, 11) is 0. The third-order valence-corrected chi connectivity index (χ3v) is 3.26. The van der Waals surface area contributed by atoms with E-state index in [9.17, 15) is 0 Å². The van der Waals surface area contributed by atoms with Crippen molar-refractivity contribution in [3.63, 3.8) is 0 Å². The lowest BCUT2D eigenvalue weighted by Crippen LogP contribution is -1.89. The Morgan fingerprint density at radius 3 is 2.52 bits per heavy atom. The average molecular weight is 277 g/mol. The fourth-order valence-electron chi connectivity index (χ4n) is 2.26. The first-order valence-electron chi connectivity index (χ1n) is 6.29. The number of nitrogens with one attached hydrogen (secondary N) is 1. The molecule has 1 heterocycles. The highest BCUT2D eigenvalue weighted by Crippen LogP contribution is 2.35. The SMILES string of the molecule is Cc1c(N=[N+]=[N-])cccc1-c1ccccc1-c1nn[nH]n1. The van der Waals surface area contributed by atoms with E-state index in [-0.39, 0.29) is 0 Å². The third kappa shape index (κ3) is 2.33. The van der Waals surface area contributed by atoms with Gasteiger partial charge < -0.3 is 0 Å². The van der Waals surface area contributed by atoms with E-state index in [0.29, 0.717) is 11.5 Å². The molecule has 0 aliphatic rings. The topological polar surface area (TPSA) is 103 Å². The molecule has 0 saturated heterocycles. The Kier molecular flexibility index (Phi) is 3.32. The molecule has 0 aliphatic heterocycles. The largest absolute Gasteiger partial charge is 0.205 e. The molecule has 1 N–H and O–H groups in total. The van der Waals surface area contributed by atoms with Crippen LogP contribution in [-0.2, 0) is 0 Å². The number of H-pyrrole nitrogens is 1. The van der Waals surface area contributed by atoms with Gasteiger partial charge in [0, 0.05) is 16.2 Å². The minimum Gasteiger partial charge on any atom is -0.177 e. The number of nitrogens with zero attached hydrogens (tertiary/aromatic N) is 6. The second-order valence-corrected chi connectivity index (χ2v) is 4.42. The highest BCUT2D eigenvalue weighted by Gasteiger charge is 2.13. The van der Waals surface area contributed by atoms with Gasteiger partial charge in [-0.25, -0.2) is 0 Å². The summed E-state index contributed by atoms with van der Waals surface area (Å²) >= 11 is 0. The Balaban J connectivity index is 2.23. The van der Waals surface area contributed by atoms with E-state index < -0.39 is 0 Å². The molecule has 0 unspecified atom stereocenters. The minimum absolute atomic E-state index is 0.527. The maximum absolute atomic E-state index is 8.64. The van der Waals surface area contributed by atoms with Gasteiger partial charge in [0.2, 0.25) is 5.82 Å². The van der Waals surface area contributed by atoms with Crippen molar-refractivity contribution in [3.05, 3.63) is 58.5 Å². The first-order valence-corrected chi connectivity index (χ1v) is 6.29. The van der Waals surface area contributed by atoms with Crippen LogP contribution in [0.1, 0.15) is 5.56 Å². The molecule has 2 aromatic carbocycles. The van der Waals surface area contributed by atoms with Crippen LogP contribution in [0.5, 0.6) is 0 Å². The van der Waals surface area contributed by atoms with Crippen LogP contribution >= 0.6 is 0 Å². The van der Waals surface area contributed by atoms with Gasteiger partial charge >= 0.3 is 0 Å². The molecule has 0 spiro atoms. The summed E-state index contributed by atoms with van der Waals surface area (Å²) in [5.41, 5.74) is 13.0. The lowest BCUT2D eigenvalue weighted by molar-refractivity contribution is 0.881. The van der Waals surface area contributed by atoms with Gasteiger partial charge in [-0.05, 0) is 34.4 Å². The van der Waals surface area contributed by atoms with Gasteiger partial charge in [0.05, 0.1) is 0 Å². The van der Waals surface area contributed by atoms with Crippen molar-refractivity contribution in [2.24, 2.45) is 5.11 Å². The Bertz CT molecular complexity index is 817. The summed E-state index contributed by atoms with van der Waals surface area (Å²) in [4.78, 5) is 2.86. The molecule has 0 fully saturated rings. The van der Waals surface area contributed by atoms with Crippen molar-refractivity contribution in [3.8, 4) is 22.5 Å². The van der Waals surface area contributed by atoms with Crippen molar-refractivity contribution in [1.29, 1.82) is 0 Å². The Hall–Kier alpha value is -3.18. The molecular formula is C14H11N7. The fraction of sp³-hybridized carbons (Fsp3) is 0.0714. The van der Waals surface area contributed by atoms with E-state index in [4.69, 9.17) is 5.53 Å². The van der Waals surface area contributed by atoms with Crippen molar-refractivity contribution in [2.45, 2.75) is 6.92 Å². The molecule has 1 aromatic heterocycles. The number of aromatic amines is 1. The van der Waals surface area contributed by atoms with Crippen LogP contribution in [0.25, 0.3) is 33.0 Å². The van der Waals surface area contributed by atoms with E-state index in [1.807, 2.05) is 43.3 Å². The van der Waals surface area contributed by atoms with Crippen LogP contribution < -0.4 is 0 Å². The van der Waals surface area contributed by atoms with E-state index in [0.717, 1.165) is 22.3 Å². The summed E-state index contributed by atoms with van der Waals surface area (Å²) in [5.74, 6) is 0.527. The molecule has 0 aliphatic carbocycles. The predicted octanol–water partition coefficient (Wildman–Crippen LogP) is 3.78. The van der Waals surface area contributed by atoms with Crippen LogP contribution in [0.4, 0.5) is 5.69 Å². The lowest BCUT2D eigenvalue weighted by Gasteiger charge is -2.11. The molecule has 0 amide bonds. The third-order valence-electron chi connectivity index (χ3n) is 3.26. The molecule has 0 saturated carbocycles. The molecule has 21 heavy (non-hydrogen) atoms. The monoisotopic (exact) mass is 277 g/mol. The van der Waals surface area contributed by atoms with Crippen molar-refractivity contribution >= 4 is 5.69 Å². The molecule has 3 rings (SSSR count). The van der Waals surface area contributed by atoms with Crippen LogP contribution in [0.3, 0.4) is 0 Å². The highest BCUT2D eigenvalue weighted by molar-refractivity contribution is 5.83. The lowest BCUT2D eigenvalue weighted by atomic mass is 9.95. The molecule has 102 valence electrons. The molecule has 0 radical (unpaired) electrons. The normalized spacial score (nSPS) is 10.1. The number of tetrazole rings is 1. The predicted molar refractivity (Wildman–Crippen MR) is 78.6 cm³/mol. The summed E-state index contributed by atoms with van der Waals surface area (Å²) in [6, 6.07) is 13.4. The van der Waals surface area contributed by atoms with Crippen molar-refractivity contribution in [2.75, 3.05) is 0 Å². The second kappa shape index (κ2) is 5.44. The van der Waals surface area contributed by atoms with Crippen LogP contribution in [0.2, 0.25) is 0 Å². The van der Waals surface area contributed by atoms with E-state index in [1.165, 1.54) is 0 Å². The van der Waals surface area contributed by atoms with Gasteiger partial charge in [0.25, 0.3) is 0 Å². The molecule has 0 atom stereocenters. The fourth-order valence-corrected chi connectivity index (χ4v) is 2.26.